The Morgan fingerprint density at radius 2 is 2.31 bits per heavy atom. The van der Waals surface area contributed by atoms with Crippen LogP contribution in [0.15, 0.2) is 12.3 Å². The Labute approximate surface area is 96.2 Å². The lowest BCUT2D eigenvalue weighted by atomic mass is 10.3. The second kappa shape index (κ2) is 6.15. The number of anilines is 1. The molecule has 0 atom stereocenters. The first-order valence-corrected chi connectivity index (χ1v) is 5.73. The number of carbonyl (C=O) groups is 1. The van der Waals surface area contributed by atoms with Crippen molar-refractivity contribution in [3.63, 3.8) is 0 Å². The fraction of sp³-hybridized carbons (Fsp3) is 0.636. The molecule has 1 rings (SSSR count). The van der Waals surface area contributed by atoms with Crippen molar-refractivity contribution in [1.82, 2.24) is 15.1 Å². The second-order valence-electron chi connectivity index (χ2n) is 3.99. The topological polar surface area (TPSA) is 59.0 Å². The lowest BCUT2D eigenvalue weighted by molar-refractivity contribution is 0.251. The van der Waals surface area contributed by atoms with Gasteiger partial charge in [0.05, 0.1) is 6.20 Å². The van der Waals surface area contributed by atoms with Crippen LogP contribution in [-0.2, 0) is 0 Å². The number of carbonyl (C=O) groups excluding carboxylic acids is 1. The molecule has 1 aromatic heterocycles. The number of nitrogens with zero attached hydrogens (tertiary/aromatic N) is 2. The lowest BCUT2D eigenvalue weighted by Gasteiger charge is -2.12. The van der Waals surface area contributed by atoms with Gasteiger partial charge >= 0.3 is 6.03 Å². The van der Waals surface area contributed by atoms with Crippen LogP contribution in [0.5, 0.6) is 0 Å². The minimum absolute atomic E-state index is 0.171. The molecule has 0 saturated carbocycles. The van der Waals surface area contributed by atoms with Crippen molar-refractivity contribution in [3.05, 3.63) is 12.3 Å². The normalized spacial score (nSPS) is 10.5. The Balaban J connectivity index is 2.46. The Bertz CT molecular complexity index is 332. The van der Waals surface area contributed by atoms with Crippen molar-refractivity contribution >= 4 is 11.8 Å². The van der Waals surface area contributed by atoms with Crippen molar-refractivity contribution in [3.8, 4) is 0 Å². The smallest absolute Gasteiger partial charge is 0.320 e. The van der Waals surface area contributed by atoms with Crippen molar-refractivity contribution < 1.29 is 4.79 Å². The van der Waals surface area contributed by atoms with E-state index in [0.29, 0.717) is 6.54 Å². The molecule has 0 aliphatic rings. The van der Waals surface area contributed by atoms with Crippen molar-refractivity contribution in [2.75, 3.05) is 11.9 Å². The van der Waals surface area contributed by atoms with Gasteiger partial charge in [0.2, 0.25) is 0 Å². The molecule has 0 aliphatic heterocycles. The molecular weight excluding hydrogens is 204 g/mol. The number of urea groups is 1. The summed E-state index contributed by atoms with van der Waals surface area (Å²) in [5.74, 6) is 0.726. The number of rotatable bonds is 5. The van der Waals surface area contributed by atoms with Crippen LogP contribution in [0.25, 0.3) is 0 Å². The first-order valence-electron chi connectivity index (χ1n) is 5.73. The second-order valence-corrected chi connectivity index (χ2v) is 3.99. The molecule has 90 valence electrons. The molecule has 0 bridgehead atoms. The van der Waals surface area contributed by atoms with E-state index in [0.717, 1.165) is 18.7 Å². The minimum atomic E-state index is -0.171. The van der Waals surface area contributed by atoms with Crippen LogP contribution >= 0.6 is 0 Å². The number of hydrogen-bond acceptors (Lipinski definition) is 2. The van der Waals surface area contributed by atoms with Gasteiger partial charge in [-0.15, -0.1) is 0 Å². The molecule has 1 aromatic rings. The van der Waals surface area contributed by atoms with Gasteiger partial charge in [0.1, 0.15) is 5.82 Å². The van der Waals surface area contributed by atoms with E-state index in [1.807, 2.05) is 13.8 Å². The standard InChI is InChI=1S/C11H20N4O/c1-4-5-7-12-11(16)14-10-6-8-13-15(10)9(2)3/h6,8-9H,4-5,7H2,1-3H3,(H2,12,14,16). The Morgan fingerprint density at radius 1 is 1.56 bits per heavy atom. The molecule has 16 heavy (non-hydrogen) atoms. The van der Waals surface area contributed by atoms with Gasteiger partial charge in [-0.3, -0.25) is 5.32 Å². The molecule has 0 aliphatic carbocycles. The zero-order valence-electron chi connectivity index (χ0n) is 10.2. The summed E-state index contributed by atoms with van der Waals surface area (Å²) in [5.41, 5.74) is 0. The van der Waals surface area contributed by atoms with Gasteiger partial charge in [-0.05, 0) is 20.3 Å². The summed E-state index contributed by atoms with van der Waals surface area (Å²) in [5, 5.41) is 9.72. The van der Waals surface area contributed by atoms with Crippen LogP contribution in [0.1, 0.15) is 39.7 Å². The van der Waals surface area contributed by atoms with Crippen LogP contribution in [0.3, 0.4) is 0 Å². The van der Waals surface area contributed by atoms with E-state index in [2.05, 4.69) is 22.7 Å². The fourth-order valence-corrected chi connectivity index (χ4v) is 1.36. The highest BCUT2D eigenvalue weighted by Crippen LogP contribution is 2.12. The zero-order valence-corrected chi connectivity index (χ0v) is 10.2. The molecule has 0 unspecified atom stereocenters. The van der Waals surface area contributed by atoms with Gasteiger partial charge < -0.3 is 5.32 Å². The Kier molecular flexibility index (Phi) is 4.82. The van der Waals surface area contributed by atoms with Gasteiger partial charge in [-0.1, -0.05) is 13.3 Å². The van der Waals surface area contributed by atoms with Crippen molar-refractivity contribution in [2.24, 2.45) is 0 Å². The lowest BCUT2D eigenvalue weighted by Crippen LogP contribution is -2.30. The Morgan fingerprint density at radius 3 is 2.94 bits per heavy atom. The summed E-state index contributed by atoms with van der Waals surface area (Å²) in [4.78, 5) is 11.5. The summed E-state index contributed by atoms with van der Waals surface area (Å²) in [6.45, 7) is 6.84. The van der Waals surface area contributed by atoms with Crippen LogP contribution in [0, 0.1) is 0 Å². The third-order valence-corrected chi connectivity index (χ3v) is 2.22. The van der Waals surface area contributed by atoms with Crippen LogP contribution in [0.2, 0.25) is 0 Å². The number of unbranched alkanes of at least 4 members (excludes halogenated alkanes) is 1. The van der Waals surface area contributed by atoms with Gasteiger partial charge in [0, 0.05) is 18.7 Å². The number of amides is 2. The Hall–Kier alpha value is -1.52. The van der Waals surface area contributed by atoms with E-state index in [1.54, 1.807) is 16.9 Å². The highest BCUT2D eigenvalue weighted by molar-refractivity contribution is 5.88. The van der Waals surface area contributed by atoms with E-state index < -0.39 is 0 Å². The van der Waals surface area contributed by atoms with Gasteiger partial charge in [-0.25, -0.2) is 9.48 Å². The molecule has 5 heteroatoms. The number of hydrogen-bond donors (Lipinski definition) is 2. The third-order valence-electron chi connectivity index (χ3n) is 2.22. The van der Waals surface area contributed by atoms with Gasteiger partial charge in [-0.2, -0.15) is 5.10 Å². The molecule has 0 fully saturated rings. The number of aromatic nitrogens is 2. The quantitative estimate of drug-likeness (QED) is 0.754. The summed E-state index contributed by atoms with van der Waals surface area (Å²) < 4.78 is 1.78. The minimum Gasteiger partial charge on any atom is -0.338 e. The zero-order chi connectivity index (χ0) is 12.0. The maximum Gasteiger partial charge on any atom is 0.320 e. The highest BCUT2D eigenvalue weighted by Gasteiger charge is 2.08. The number of nitrogens with one attached hydrogen (secondary N) is 2. The predicted molar refractivity (Wildman–Crippen MR) is 64.5 cm³/mol. The van der Waals surface area contributed by atoms with Crippen molar-refractivity contribution in [2.45, 2.75) is 39.7 Å². The molecule has 2 amide bonds. The van der Waals surface area contributed by atoms with Crippen LogP contribution in [-0.4, -0.2) is 22.4 Å². The van der Waals surface area contributed by atoms with E-state index in [9.17, 15) is 4.79 Å². The average molecular weight is 224 g/mol. The first-order chi connectivity index (χ1) is 7.65. The molecule has 0 saturated heterocycles. The molecular formula is C11H20N4O. The highest BCUT2D eigenvalue weighted by atomic mass is 16.2. The molecule has 5 nitrogen and oxygen atoms in total. The average Bonchev–Trinajstić information content (AvgIpc) is 2.66. The van der Waals surface area contributed by atoms with E-state index in [-0.39, 0.29) is 12.1 Å². The maximum atomic E-state index is 11.5. The molecule has 0 aromatic carbocycles. The van der Waals surface area contributed by atoms with Crippen LogP contribution < -0.4 is 10.6 Å². The molecule has 2 N–H and O–H groups in total. The van der Waals surface area contributed by atoms with Gasteiger partial charge in [0.15, 0.2) is 0 Å². The monoisotopic (exact) mass is 224 g/mol. The summed E-state index contributed by atoms with van der Waals surface area (Å²) in [6, 6.07) is 1.86. The van der Waals surface area contributed by atoms with E-state index >= 15 is 0 Å². The molecule has 1 heterocycles. The van der Waals surface area contributed by atoms with E-state index in [1.165, 1.54) is 0 Å². The predicted octanol–water partition coefficient (Wildman–Crippen LogP) is 2.39. The van der Waals surface area contributed by atoms with Crippen LogP contribution in [0.4, 0.5) is 10.6 Å². The first kappa shape index (κ1) is 12.5. The summed E-state index contributed by atoms with van der Waals surface area (Å²) in [7, 11) is 0. The molecule has 0 spiro atoms. The maximum absolute atomic E-state index is 11.5. The summed E-state index contributed by atoms with van der Waals surface area (Å²) >= 11 is 0. The van der Waals surface area contributed by atoms with Gasteiger partial charge in [0.25, 0.3) is 0 Å². The van der Waals surface area contributed by atoms with Crippen molar-refractivity contribution in [1.29, 1.82) is 0 Å². The SMILES string of the molecule is CCCCNC(=O)Nc1ccnn1C(C)C. The van der Waals surface area contributed by atoms with E-state index in [4.69, 9.17) is 0 Å². The third kappa shape index (κ3) is 3.56. The largest absolute Gasteiger partial charge is 0.338 e. The fourth-order valence-electron chi connectivity index (χ4n) is 1.36. The summed E-state index contributed by atoms with van der Waals surface area (Å²) in [6.07, 6.45) is 3.75. The molecule has 0 radical (unpaired) electrons.